The van der Waals surface area contributed by atoms with Crippen LogP contribution in [0.5, 0.6) is 5.75 Å². The van der Waals surface area contributed by atoms with Gasteiger partial charge >= 0.3 is 0 Å². The molecule has 0 spiro atoms. The fraction of sp³-hybridized carbons (Fsp3) is 0.400. The lowest BCUT2D eigenvalue weighted by molar-refractivity contribution is -0.384. The first kappa shape index (κ1) is 15.7. The van der Waals surface area contributed by atoms with Crippen molar-refractivity contribution in [1.29, 1.82) is 0 Å². The predicted molar refractivity (Wildman–Crippen MR) is 70.8 cm³/mol. The van der Waals surface area contributed by atoms with Crippen LogP contribution in [0.2, 0.25) is 5.02 Å². The van der Waals surface area contributed by atoms with Gasteiger partial charge in [0, 0.05) is 6.07 Å². The van der Waals surface area contributed by atoms with Crippen LogP contribution in [0.25, 0.3) is 0 Å². The summed E-state index contributed by atoms with van der Waals surface area (Å²) in [5.74, 6) is 0.0745. The maximum absolute atomic E-state index is 10.7. The van der Waals surface area contributed by atoms with Gasteiger partial charge in [0.2, 0.25) is 10.0 Å². The number of halogens is 1. The highest BCUT2D eigenvalue weighted by Crippen LogP contribution is 2.28. The maximum atomic E-state index is 10.7. The first-order valence-corrected chi connectivity index (χ1v) is 7.46. The van der Waals surface area contributed by atoms with Crippen LogP contribution in [-0.4, -0.2) is 25.7 Å². The topological polar surface area (TPSA) is 113 Å². The summed E-state index contributed by atoms with van der Waals surface area (Å²) in [7, 11) is -3.47. The second-order valence-corrected chi connectivity index (χ2v) is 5.94. The van der Waals surface area contributed by atoms with E-state index in [0.717, 1.165) is 0 Å². The van der Waals surface area contributed by atoms with Gasteiger partial charge in [0.05, 0.1) is 28.4 Å². The second-order valence-electron chi connectivity index (χ2n) is 3.79. The van der Waals surface area contributed by atoms with E-state index in [-0.39, 0.29) is 28.8 Å². The Bertz CT molecular complexity index is 561. The molecule has 1 aromatic rings. The van der Waals surface area contributed by atoms with Gasteiger partial charge in [0.15, 0.2) is 0 Å². The van der Waals surface area contributed by atoms with E-state index in [1.54, 1.807) is 0 Å². The van der Waals surface area contributed by atoms with Crippen molar-refractivity contribution < 1.29 is 18.1 Å². The molecule has 1 rings (SSSR count). The molecule has 9 heteroatoms. The molecule has 0 aromatic heterocycles. The maximum Gasteiger partial charge on any atom is 0.273 e. The molecule has 0 atom stereocenters. The Morgan fingerprint density at radius 2 is 2.05 bits per heavy atom. The van der Waals surface area contributed by atoms with Crippen LogP contribution in [0.1, 0.15) is 12.8 Å². The van der Waals surface area contributed by atoms with Gasteiger partial charge in [-0.2, -0.15) is 0 Å². The summed E-state index contributed by atoms with van der Waals surface area (Å²) < 4.78 is 26.6. The molecule has 0 aliphatic carbocycles. The van der Waals surface area contributed by atoms with Gasteiger partial charge in [0.1, 0.15) is 5.75 Å². The summed E-state index contributed by atoms with van der Waals surface area (Å²) in [4.78, 5) is 10.0. The van der Waals surface area contributed by atoms with Crippen molar-refractivity contribution in [2.45, 2.75) is 12.8 Å². The zero-order chi connectivity index (χ0) is 14.5. The number of non-ortho nitro benzene ring substituents is 1. The predicted octanol–water partition coefficient (Wildman–Crippen LogP) is 1.70. The number of primary sulfonamides is 1. The zero-order valence-corrected chi connectivity index (χ0v) is 11.5. The summed E-state index contributed by atoms with van der Waals surface area (Å²) in [6.07, 6.45) is 0.806. The molecule has 0 amide bonds. The zero-order valence-electron chi connectivity index (χ0n) is 9.91. The molecule has 2 N–H and O–H groups in total. The Balaban J connectivity index is 2.49. The van der Waals surface area contributed by atoms with Crippen LogP contribution in [0.15, 0.2) is 18.2 Å². The lowest BCUT2D eigenvalue weighted by Crippen LogP contribution is -2.16. The van der Waals surface area contributed by atoms with E-state index in [9.17, 15) is 18.5 Å². The van der Waals surface area contributed by atoms with Crippen LogP contribution < -0.4 is 9.88 Å². The number of nitrogens with two attached hydrogens (primary N) is 1. The summed E-state index contributed by atoms with van der Waals surface area (Å²) >= 11 is 5.82. The monoisotopic (exact) mass is 308 g/mol. The molecule has 0 aliphatic rings. The summed E-state index contributed by atoms with van der Waals surface area (Å²) in [5, 5.41) is 15.7. The quantitative estimate of drug-likeness (QED) is 0.468. The summed E-state index contributed by atoms with van der Waals surface area (Å²) in [6.45, 7) is 0.205. The molecular weight excluding hydrogens is 296 g/mol. The minimum absolute atomic E-state index is 0.121. The fourth-order valence-corrected chi connectivity index (χ4v) is 2.08. The molecule has 0 radical (unpaired) electrons. The Morgan fingerprint density at radius 1 is 1.37 bits per heavy atom. The largest absolute Gasteiger partial charge is 0.492 e. The highest BCUT2D eigenvalue weighted by atomic mass is 35.5. The number of hydrogen-bond acceptors (Lipinski definition) is 5. The van der Waals surface area contributed by atoms with E-state index in [1.807, 2.05) is 0 Å². The highest BCUT2D eigenvalue weighted by molar-refractivity contribution is 7.89. The lowest BCUT2D eigenvalue weighted by Gasteiger charge is -2.07. The molecule has 19 heavy (non-hydrogen) atoms. The first-order chi connectivity index (χ1) is 8.79. The van der Waals surface area contributed by atoms with Crippen molar-refractivity contribution in [3.8, 4) is 5.75 Å². The normalized spacial score (nSPS) is 11.3. The van der Waals surface area contributed by atoms with Crippen molar-refractivity contribution in [3.63, 3.8) is 0 Å². The van der Waals surface area contributed by atoms with Crippen molar-refractivity contribution in [2.75, 3.05) is 12.4 Å². The first-order valence-electron chi connectivity index (χ1n) is 5.37. The van der Waals surface area contributed by atoms with E-state index in [0.29, 0.717) is 12.8 Å². The molecule has 1 aromatic carbocycles. The second kappa shape index (κ2) is 6.69. The SMILES string of the molecule is NS(=O)(=O)CCCCOc1cc([N+](=O)[O-])ccc1Cl. The molecular formula is C10H13ClN2O5S. The number of nitro groups is 1. The molecule has 0 bridgehead atoms. The van der Waals surface area contributed by atoms with Crippen molar-refractivity contribution in [2.24, 2.45) is 5.14 Å². The van der Waals surface area contributed by atoms with E-state index in [4.69, 9.17) is 21.5 Å². The van der Waals surface area contributed by atoms with E-state index in [2.05, 4.69) is 0 Å². The van der Waals surface area contributed by atoms with Crippen molar-refractivity contribution in [1.82, 2.24) is 0 Å². The number of rotatable bonds is 7. The molecule has 0 heterocycles. The number of unbranched alkanes of at least 4 members (excludes halogenated alkanes) is 1. The molecule has 0 fully saturated rings. The van der Waals surface area contributed by atoms with Crippen LogP contribution in [-0.2, 0) is 10.0 Å². The summed E-state index contributed by atoms with van der Waals surface area (Å²) in [5.41, 5.74) is -0.121. The number of hydrogen-bond donors (Lipinski definition) is 1. The average Bonchev–Trinajstić information content (AvgIpc) is 2.29. The molecule has 0 saturated carbocycles. The molecule has 0 saturated heterocycles. The number of sulfonamides is 1. The Labute approximate surface area is 115 Å². The van der Waals surface area contributed by atoms with Gasteiger partial charge in [-0.1, -0.05) is 11.6 Å². The van der Waals surface area contributed by atoms with Gasteiger partial charge < -0.3 is 4.74 Å². The minimum atomic E-state index is -3.47. The number of ether oxygens (including phenoxy) is 1. The third kappa shape index (κ3) is 5.86. The van der Waals surface area contributed by atoms with Gasteiger partial charge in [-0.05, 0) is 18.9 Å². The van der Waals surface area contributed by atoms with E-state index >= 15 is 0 Å². The van der Waals surface area contributed by atoms with Crippen molar-refractivity contribution in [3.05, 3.63) is 33.3 Å². The highest BCUT2D eigenvalue weighted by Gasteiger charge is 2.10. The van der Waals surface area contributed by atoms with Gasteiger partial charge in [-0.25, -0.2) is 13.6 Å². The van der Waals surface area contributed by atoms with Crippen molar-refractivity contribution >= 4 is 27.3 Å². The smallest absolute Gasteiger partial charge is 0.273 e. The Hall–Kier alpha value is -1.38. The van der Waals surface area contributed by atoms with Crippen LogP contribution >= 0.6 is 11.6 Å². The van der Waals surface area contributed by atoms with E-state index in [1.165, 1.54) is 18.2 Å². The summed E-state index contributed by atoms with van der Waals surface area (Å²) in [6, 6.07) is 3.87. The van der Waals surface area contributed by atoms with Crippen LogP contribution in [0.4, 0.5) is 5.69 Å². The Kier molecular flexibility index (Phi) is 5.52. The molecule has 106 valence electrons. The Morgan fingerprint density at radius 3 is 2.63 bits per heavy atom. The molecule has 0 unspecified atom stereocenters. The van der Waals surface area contributed by atoms with Gasteiger partial charge in [0.25, 0.3) is 5.69 Å². The molecule has 7 nitrogen and oxygen atoms in total. The van der Waals surface area contributed by atoms with Gasteiger partial charge in [-0.3, -0.25) is 10.1 Å². The number of nitrogens with zero attached hydrogens (tertiary/aromatic N) is 1. The third-order valence-electron chi connectivity index (χ3n) is 2.21. The fourth-order valence-electron chi connectivity index (χ4n) is 1.30. The van der Waals surface area contributed by atoms with E-state index < -0.39 is 14.9 Å². The lowest BCUT2D eigenvalue weighted by atomic mass is 10.3. The molecule has 0 aliphatic heterocycles. The number of nitro benzene ring substituents is 1. The third-order valence-corrected chi connectivity index (χ3v) is 3.38. The van der Waals surface area contributed by atoms with Crippen LogP contribution in [0, 0.1) is 10.1 Å². The standard InChI is InChI=1S/C10H13ClN2O5S/c11-9-4-3-8(13(14)15)7-10(9)18-5-1-2-6-19(12,16)17/h3-4,7H,1-2,5-6H2,(H2,12,16,17). The number of benzene rings is 1. The van der Waals surface area contributed by atoms with Crippen LogP contribution in [0.3, 0.4) is 0 Å². The van der Waals surface area contributed by atoms with Gasteiger partial charge in [-0.15, -0.1) is 0 Å². The average molecular weight is 309 g/mol. The minimum Gasteiger partial charge on any atom is -0.492 e.